The molecule has 0 N–H and O–H groups in total. The van der Waals surface area contributed by atoms with Gasteiger partial charge in [0.1, 0.15) is 6.04 Å². The van der Waals surface area contributed by atoms with Crippen molar-refractivity contribution >= 4 is 11.9 Å². The van der Waals surface area contributed by atoms with Gasteiger partial charge in [-0.1, -0.05) is 24.3 Å². The number of carbonyl (C=O) groups is 2. The van der Waals surface area contributed by atoms with Gasteiger partial charge in [-0.3, -0.25) is 14.6 Å². The zero-order valence-corrected chi connectivity index (χ0v) is 17.7. The number of amides is 3. The van der Waals surface area contributed by atoms with Crippen molar-refractivity contribution in [2.45, 2.75) is 25.4 Å². The molecule has 0 spiro atoms. The van der Waals surface area contributed by atoms with Crippen LogP contribution in [0.4, 0.5) is 4.79 Å². The second-order valence-corrected chi connectivity index (χ2v) is 8.73. The minimum atomic E-state index is -0.314. The second-order valence-electron chi connectivity index (χ2n) is 8.73. The number of piperazine rings is 1. The molecule has 2 saturated heterocycles. The Labute approximate surface area is 173 Å². The highest BCUT2D eigenvalue weighted by molar-refractivity contribution is 6.04. The normalized spacial score (nSPS) is 23.1. The van der Waals surface area contributed by atoms with E-state index in [1.165, 1.54) is 16.9 Å². The highest BCUT2D eigenvalue weighted by Crippen LogP contribution is 2.29. The first-order valence-corrected chi connectivity index (χ1v) is 10.8. The van der Waals surface area contributed by atoms with Crippen molar-refractivity contribution in [2.75, 3.05) is 66.5 Å². The fourth-order valence-electron chi connectivity index (χ4n) is 4.67. The van der Waals surface area contributed by atoms with Gasteiger partial charge in [-0.05, 0) is 44.7 Å². The van der Waals surface area contributed by atoms with Crippen LogP contribution in [0.2, 0.25) is 0 Å². The average molecular weight is 400 g/mol. The molecule has 0 saturated carbocycles. The molecule has 0 radical (unpaired) electrons. The minimum absolute atomic E-state index is 0.0215. The molecule has 3 heterocycles. The van der Waals surface area contributed by atoms with E-state index in [1.54, 1.807) is 4.90 Å². The molecule has 0 bridgehead atoms. The van der Waals surface area contributed by atoms with Crippen LogP contribution in [-0.4, -0.2) is 109 Å². The van der Waals surface area contributed by atoms with E-state index in [0.29, 0.717) is 19.5 Å². The zero-order chi connectivity index (χ0) is 20.4. The Balaban J connectivity index is 1.25. The molecule has 0 unspecified atom stereocenters. The second kappa shape index (κ2) is 8.81. The summed E-state index contributed by atoms with van der Waals surface area (Å²) in [6, 6.07) is 7.71. The van der Waals surface area contributed by atoms with Crippen molar-refractivity contribution < 1.29 is 9.59 Å². The SMILES string of the molecule is CN(C)CCCN1CCN(CCN2C(=O)[C@@H]3Cc4ccccc4CN3C2=O)CC1. The first kappa shape index (κ1) is 20.3. The molecule has 3 amide bonds. The van der Waals surface area contributed by atoms with Gasteiger partial charge in [0.25, 0.3) is 5.91 Å². The van der Waals surface area contributed by atoms with Crippen LogP contribution in [0.15, 0.2) is 24.3 Å². The van der Waals surface area contributed by atoms with Crippen LogP contribution in [0.1, 0.15) is 17.5 Å². The van der Waals surface area contributed by atoms with Crippen LogP contribution in [0.5, 0.6) is 0 Å². The molecule has 158 valence electrons. The first-order valence-electron chi connectivity index (χ1n) is 10.8. The predicted octanol–water partition coefficient (Wildman–Crippen LogP) is 0.945. The maximum absolute atomic E-state index is 12.9. The third-order valence-electron chi connectivity index (χ3n) is 6.46. The van der Waals surface area contributed by atoms with Gasteiger partial charge < -0.3 is 14.7 Å². The van der Waals surface area contributed by atoms with E-state index in [4.69, 9.17) is 0 Å². The lowest BCUT2D eigenvalue weighted by Crippen LogP contribution is -2.49. The Kier molecular flexibility index (Phi) is 6.18. The minimum Gasteiger partial charge on any atom is -0.309 e. The number of nitrogens with zero attached hydrogens (tertiary/aromatic N) is 5. The van der Waals surface area contributed by atoms with E-state index in [2.05, 4.69) is 40.9 Å². The first-order chi connectivity index (χ1) is 14.0. The lowest BCUT2D eigenvalue weighted by atomic mass is 9.95. The molecule has 7 nitrogen and oxygen atoms in total. The molecular formula is C22H33N5O2. The van der Waals surface area contributed by atoms with Crippen LogP contribution in [0, 0.1) is 0 Å². The summed E-state index contributed by atoms with van der Waals surface area (Å²) in [6.07, 6.45) is 1.84. The van der Waals surface area contributed by atoms with Crippen LogP contribution < -0.4 is 0 Å². The van der Waals surface area contributed by atoms with E-state index in [9.17, 15) is 9.59 Å². The lowest BCUT2D eigenvalue weighted by molar-refractivity contribution is -0.128. The summed E-state index contributed by atoms with van der Waals surface area (Å²) in [5, 5.41) is 0. The van der Waals surface area contributed by atoms with E-state index < -0.39 is 0 Å². The smallest absolute Gasteiger partial charge is 0.309 e. The molecule has 3 aliphatic heterocycles. The molecule has 3 aliphatic rings. The zero-order valence-electron chi connectivity index (χ0n) is 17.7. The maximum atomic E-state index is 12.9. The number of hydrogen-bond donors (Lipinski definition) is 0. The monoisotopic (exact) mass is 399 g/mol. The number of imide groups is 1. The van der Waals surface area contributed by atoms with Crippen molar-refractivity contribution in [3.63, 3.8) is 0 Å². The van der Waals surface area contributed by atoms with Gasteiger partial charge in [0.2, 0.25) is 0 Å². The topological polar surface area (TPSA) is 50.3 Å². The summed E-state index contributed by atoms with van der Waals surface area (Å²) >= 11 is 0. The molecule has 29 heavy (non-hydrogen) atoms. The van der Waals surface area contributed by atoms with E-state index in [-0.39, 0.29) is 18.0 Å². The highest BCUT2D eigenvalue weighted by atomic mass is 16.2. The van der Waals surface area contributed by atoms with E-state index >= 15 is 0 Å². The highest BCUT2D eigenvalue weighted by Gasteiger charge is 2.46. The number of benzene rings is 1. The average Bonchev–Trinajstić information content (AvgIpc) is 2.95. The fourth-order valence-corrected chi connectivity index (χ4v) is 4.67. The largest absolute Gasteiger partial charge is 0.327 e. The van der Waals surface area contributed by atoms with Gasteiger partial charge >= 0.3 is 6.03 Å². The van der Waals surface area contributed by atoms with Crippen LogP contribution in [-0.2, 0) is 17.8 Å². The number of urea groups is 1. The van der Waals surface area contributed by atoms with E-state index in [1.807, 2.05) is 12.1 Å². The molecule has 4 rings (SSSR count). The summed E-state index contributed by atoms with van der Waals surface area (Å²) in [6.45, 7) is 8.26. The lowest BCUT2D eigenvalue weighted by Gasteiger charge is -2.35. The molecule has 2 fully saturated rings. The summed E-state index contributed by atoms with van der Waals surface area (Å²) in [5.74, 6) is -0.0215. The van der Waals surface area contributed by atoms with Crippen molar-refractivity contribution in [1.82, 2.24) is 24.5 Å². The molecule has 1 aromatic carbocycles. The summed E-state index contributed by atoms with van der Waals surface area (Å²) in [7, 11) is 4.23. The van der Waals surface area contributed by atoms with Crippen molar-refractivity contribution in [3.8, 4) is 0 Å². The Morgan fingerprint density at radius 2 is 1.59 bits per heavy atom. The number of fused-ring (bicyclic) bond motifs is 2. The summed E-state index contributed by atoms with van der Waals surface area (Å²) in [5.41, 5.74) is 2.36. The van der Waals surface area contributed by atoms with Gasteiger partial charge in [-0.2, -0.15) is 0 Å². The number of hydrogen-bond acceptors (Lipinski definition) is 5. The van der Waals surface area contributed by atoms with Gasteiger partial charge in [0.15, 0.2) is 0 Å². The summed E-state index contributed by atoms with van der Waals surface area (Å²) in [4.78, 5) is 36.1. The maximum Gasteiger partial charge on any atom is 0.327 e. The third-order valence-corrected chi connectivity index (χ3v) is 6.46. The van der Waals surface area contributed by atoms with Crippen LogP contribution in [0.3, 0.4) is 0 Å². The molecule has 1 aromatic rings. The van der Waals surface area contributed by atoms with Gasteiger partial charge in [0, 0.05) is 52.2 Å². The van der Waals surface area contributed by atoms with E-state index in [0.717, 1.165) is 51.4 Å². The predicted molar refractivity (Wildman–Crippen MR) is 113 cm³/mol. The van der Waals surface area contributed by atoms with Crippen molar-refractivity contribution in [3.05, 3.63) is 35.4 Å². The Morgan fingerprint density at radius 3 is 2.28 bits per heavy atom. The number of carbonyl (C=O) groups excluding carboxylic acids is 2. The molecular weight excluding hydrogens is 366 g/mol. The molecule has 1 atom stereocenters. The summed E-state index contributed by atoms with van der Waals surface area (Å²) < 4.78 is 0. The fraction of sp³-hybridized carbons (Fsp3) is 0.636. The van der Waals surface area contributed by atoms with Crippen molar-refractivity contribution in [1.29, 1.82) is 0 Å². The van der Waals surface area contributed by atoms with Crippen LogP contribution in [0.25, 0.3) is 0 Å². The van der Waals surface area contributed by atoms with Gasteiger partial charge in [-0.15, -0.1) is 0 Å². The standard InChI is InChI=1S/C22H33N5O2/c1-23(2)8-5-9-24-10-12-25(13-11-24)14-15-26-21(28)20-16-18-6-3-4-7-19(18)17-27(20)22(26)29/h3-4,6-7,20H,5,8-17H2,1-2H3/t20-/m0/s1. The van der Waals surface area contributed by atoms with Gasteiger partial charge in [0.05, 0.1) is 0 Å². The molecule has 0 aromatic heterocycles. The Bertz CT molecular complexity index is 701. The molecule has 0 aliphatic carbocycles. The van der Waals surface area contributed by atoms with Crippen LogP contribution >= 0.6 is 0 Å². The van der Waals surface area contributed by atoms with Gasteiger partial charge in [-0.25, -0.2) is 4.79 Å². The van der Waals surface area contributed by atoms with Crippen molar-refractivity contribution in [2.24, 2.45) is 0 Å². The quantitative estimate of drug-likeness (QED) is 0.639. The Morgan fingerprint density at radius 1 is 0.931 bits per heavy atom. The Hall–Kier alpha value is -1.96. The molecule has 7 heteroatoms. The third kappa shape index (κ3) is 4.47. The number of rotatable bonds is 7.